The Hall–Kier alpha value is -2.18. The van der Waals surface area contributed by atoms with Gasteiger partial charge >= 0.3 is 0 Å². The third-order valence-corrected chi connectivity index (χ3v) is 5.88. The molecular weight excluding hydrogens is 342 g/mol. The van der Waals surface area contributed by atoms with Gasteiger partial charge in [0.2, 0.25) is 5.91 Å². The summed E-state index contributed by atoms with van der Waals surface area (Å²) in [6, 6.07) is 11.1. The number of benzene rings is 1. The van der Waals surface area contributed by atoms with Gasteiger partial charge in [0.1, 0.15) is 11.8 Å². The van der Waals surface area contributed by atoms with E-state index >= 15 is 0 Å². The molecule has 144 valence electrons. The van der Waals surface area contributed by atoms with Crippen LogP contribution in [0.2, 0.25) is 0 Å². The van der Waals surface area contributed by atoms with Crippen molar-refractivity contribution in [3.05, 3.63) is 47.7 Å². The molecule has 2 aliphatic rings. The van der Waals surface area contributed by atoms with E-state index in [2.05, 4.69) is 15.8 Å². The number of hydrogen-bond donors (Lipinski definition) is 2. The molecule has 1 spiro atoms. The molecule has 4 rings (SSSR count). The summed E-state index contributed by atoms with van der Waals surface area (Å²) >= 11 is 0. The van der Waals surface area contributed by atoms with Crippen LogP contribution in [0.5, 0.6) is 0 Å². The molecule has 6 heteroatoms. The van der Waals surface area contributed by atoms with Gasteiger partial charge in [0.05, 0.1) is 0 Å². The predicted molar refractivity (Wildman–Crippen MR) is 102 cm³/mol. The van der Waals surface area contributed by atoms with Crippen molar-refractivity contribution < 1.29 is 14.1 Å². The minimum Gasteiger partial charge on any atom is -0.381 e. The smallest absolute Gasteiger partial charge is 0.247 e. The van der Waals surface area contributed by atoms with E-state index in [4.69, 9.17) is 9.26 Å². The zero-order chi connectivity index (χ0) is 18.7. The van der Waals surface area contributed by atoms with E-state index in [1.54, 1.807) is 13.0 Å². The Morgan fingerprint density at radius 1 is 1.26 bits per heavy atom. The third-order valence-electron chi connectivity index (χ3n) is 5.88. The Labute approximate surface area is 159 Å². The average molecular weight is 369 g/mol. The standard InChI is InChI=1S/C21H27N3O3/c1-15-11-18(24-27-15)23-20(25)19(17-5-3-2-4-6-17)22-14-16-12-21(13-16)7-9-26-10-8-21/h2-6,11,16,19,22H,7-10,12-14H2,1H3,(H,23,24,25). The van der Waals surface area contributed by atoms with Crippen LogP contribution in [0.1, 0.15) is 43.0 Å². The third kappa shape index (κ3) is 4.22. The van der Waals surface area contributed by atoms with Crippen molar-refractivity contribution in [2.75, 3.05) is 25.1 Å². The van der Waals surface area contributed by atoms with Crippen LogP contribution in [0, 0.1) is 18.3 Å². The maximum absolute atomic E-state index is 12.9. The van der Waals surface area contributed by atoms with Crippen LogP contribution >= 0.6 is 0 Å². The average Bonchev–Trinajstić information content (AvgIpc) is 3.07. The van der Waals surface area contributed by atoms with Crippen molar-refractivity contribution in [3.63, 3.8) is 0 Å². The molecule has 1 amide bonds. The zero-order valence-corrected chi connectivity index (χ0v) is 15.7. The molecule has 1 saturated heterocycles. The van der Waals surface area contributed by atoms with Crippen molar-refractivity contribution in [1.29, 1.82) is 0 Å². The maximum atomic E-state index is 12.9. The number of aromatic nitrogens is 1. The lowest BCUT2D eigenvalue weighted by atomic mass is 9.58. The Morgan fingerprint density at radius 3 is 2.67 bits per heavy atom. The van der Waals surface area contributed by atoms with Crippen molar-refractivity contribution in [3.8, 4) is 0 Å². The molecule has 1 unspecified atom stereocenters. The number of nitrogens with zero attached hydrogens (tertiary/aromatic N) is 1. The van der Waals surface area contributed by atoms with E-state index in [9.17, 15) is 4.79 Å². The SMILES string of the molecule is Cc1cc(NC(=O)C(NCC2CC3(CCOCC3)C2)c2ccccc2)no1. The largest absolute Gasteiger partial charge is 0.381 e. The van der Waals surface area contributed by atoms with Crippen LogP contribution in [0.25, 0.3) is 0 Å². The van der Waals surface area contributed by atoms with E-state index in [-0.39, 0.29) is 5.91 Å². The van der Waals surface area contributed by atoms with Gasteiger partial charge in [0.15, 0.2) is 5.82 Å². The van der Waals surface area contributed by atoms with Crippen molar-refractivity contribution >= 4 is 11.7 Å². The van der Waals surface area contributed by atoms with Crippen LogP contribution in [0.4, 0.5) is 5.82 Å². The molecule has 1 aromatic carbocycles. The molecule has 0 radical (unpaired) electrons. The number of carbonyl (C=O) groups excluding carboxylic acids is 1. The summed E-state index contributed by atoms with van der Waals surface area (Å²) in [5.74, 6) is 1.63. The summed E-state index contributed by atoms with van der Waals surface area (Å²) in [4.78, 5) is 12.9. The van der Waals surface area contributed by atoms with E-state index in [0.717, 1.165) is 25.3 Å². The predicted octanol–water partition coefficient (Wildman–Crippen LogP) is 3.46. The first-order chi connectivity index (χ1) is 13.1. The monoisotopic (exact) mass is 369 g/mol. The first-order valence-corrected chi connectivity index (χ1v) is 9.74. The Kier molecular flexibility index (Phi) is 5.27. The second-order valence-electron chi connectivity index (χ2n) is 7.95. The molecule has 1 aliphatic carbocycles. The van der Waals surface area contributed by atoms with E-state index < -0.39 is 6.04 Å². The highest BCUT2D eigenvalue weighted by Crippen LogP contribution is 2.52. The number of aryl methyl sites for hydroxylation is 1. The quantitative estimate of drug-likeness (QED) is 0.815. The van der Waals surface area contributed by atoms with Gasteiger partial charge in [-0.3, -0.25) is 4.79 Å². The highest BCUT2D eigenvalue weighted by atomic mass is 16.5. The lowest BCUT2D eigenvalue weighted by molar-refractivity contribution is -0.118. The van der Waals surface area contributed by atoms with Gasteiger partial charge in [-0.2, -0.15) is 0 Å². The fourth-order valence-electron chi connectivity index (χ4n) is 4.44. The summed E-state index contributed by atoms with van der Waals surface area (Å²) in [5, 5.41) is 10.2. The van der Waals surface area contributed by atoms with Crippen LogP contribution in [-0.2, 0) is 9.53 Å². The fourth-order valence-corrected chi connectivity index (χ4v) is 4.44. The molecule has 6 nitrogen and oxygen atoms in total. The Morgan fingerprint density at radius 2 is 2.00 bits per heavy atom. The summed E-state index contributed by atoms with van der Waals surface area (Å²) in [5.41, 5.74) is 1.45. The molecule has 2 heterocycles. The topological polar surface area (TPSA) is 76.4 Å². The van der Waals surface area contributed by atoms with Gasteiger partial charge in [-0.15, -0.1) is 0 Å². The summed E-state index contributed by atoms with van der Waals surface area (Å²) < 4.78 is 10.5. The Bertz CT molecular complexity index is 760. The molecular formula is C21H27N3O3. The lowest BCUT2D eigenvalue weighted by Gasteiger charge is -2.50. The minimum atomic E-state index is -0.408. The van der Waals surface area contributed by atoms with Crippen LogP contribution in [-0.4, -0.2) is 30.8 Å². The molecule has 2 fully saturated rings. The number of amides is 1. The second kappa shape index (κ2) is 7.82. The molecule has 0 bridgehead atoms. The van der Waals surface area contributed by atoms with Crippen molar-refractivity contribution in [2.45, 2.75) is 38.6 Å². The number of anilines is 1. The summed E-state index contributed by atoms with van der Waals surface area (Å²) in [7, 11) is 0. The first kappa shape index (κ1) is 18.2. The van der Waals surface area contributed by atoms with Gasteiger partial charge in [-0.25, -0.2) is 0 Å². The number of hydrogen-bond acceptors (Lipinski definition) is 5. The van der Waals surface area contributed by atoms with Crippen LogP contribution in [0.15, 0.2) is 40.9 Å². The van der Waals surface area contributed by atoms with E-state index in [1.165, 1.54) is 25.7 Å². The van der Waals surface area contributed by atoms with Gasteiger partial charge in [-0.05, 0) is 56.0 Å². The molecule has 1 aromatic heterocycles. The number of carbonyl (C=O) groups is 1. The molecule has 2 aromatic rings. The fraction of sp³-hybridized carbons (Fsp3) is 0.524. The Balaban J connectivity index is 1.37. The van der Waals surface area contributed by atoms with E-state index in [1.807, 2.05) is 30.3 Å². The highest BCUT2D eigenvalue weighted by molar-refractivity contribution is 5.94. The summed E-state index contributed by atoms with van der Waals surface area (Å²) in [6.45, 7) is 4.43. The highest BCUT2D eigenvalue weighted by Gasteiger charge is 2.44. The number of rotatable bonds is 6. The maximum Gasteiger partial charge on any atom is 0.247 e. The van der Waals surface area contributed by atoms with Gasteiger partial charge < -0.3 is 19.9 Å². The van der Waals surface area contributed by atoms with E-state index in [0.29, 0.717) is 22.9 Å². The molecule has 1 saturated carbocycles. The van der Waals surface area contributed by atoms with Crippen LogP contribution in [0.3, 0.4) is 0 Å². The molecule has 1 aliphatic heterocycles. The lowest BCUT2D eigenvalue weighted by Crippen LogP contribution is -2.46. The number of nitrogens with one attached hydrogen (secondary N) is 2. The minimum absolute atomic E-state index is 0.116. The van der Waals surface area contributed by atoms with Crippen molar-refractivity contribution in [1.82, 2.24) is 10.5 Å². The molecule has 27 heavy (non-hydrogen) atoms. The molecule has 2 N–H and O–H groups in total. The first-order valence-electron chi connectivity index (χ1n) is 9.74. The van der Waals surface area contributed by atoms with Gasteiger partial charge in [0.25, 0.3) is 0 Å². The second-order valence-corrected chi connectivity index (χ2v) is 7.95. The van der Waals surface area contributed by atoms with Gasteiger partial charge in [-0.1, -0.05) is 35.5 Å². The number of ether oxygens (including phenoxy) is 1. The zero-order valence-electron chi connectivity index (χ0n) is 15.7. The molecule has 1 atom stereocenters. The van der Waals surface area contributed by atoms with Crippen molar-refractivity contribution in [2.24, 2.45) is 11.3 Å². The van der Waals surface area contributed by atoms with Gasteiger partial charge in [0, 0.05) is 19.3 Å². The summed E-state index contributed by atoms with van der Waals surface area (Å²) in [6.07, 6.45) is 4.82. The van der Waals surface area contributed by atoms with Crippen LogP contribution < -0.4 is 10.6 Å². The normalized spacial score (nSPS) is 20.2.